The summed E-state index contributed by atoms with van der Waals surface area (Å²) in [5.41, 5.74) is 0.494. The largest absolute Gasteiger partial charge is 0.454 e. The van der Waals surface area contributed by atoms with Crippen molar-refractivity contribution in [2.75, 3.05) is 13.3 Å². The van der Waals surface area contributed by atoms with Crippen LogP contribution in [0.15, 0.2) is 35.7 Å². The summed E-state index contributed by atoms with van der Waals surface area (Å²) in [5, 5.41) is 3.31. The van der Waals surface area contributed by atoms with E-state index in [0.29, 0.717) is 23.6 Å². The van der Waals surface area contributed by atoms with Gasteiger partial charge in [-0.25, -0.2) is 9.90 Å². The fraction of sp³-hybridized carbons (Fsp3) is 0.312. The second kappa shape index (κ2) is 5.84. The molecule has 0 N–H and O–H groups in total. The zero-order valence-electron chi connectivity index (χ0n) is 12.4. The van der Waals surface area contributed by atoms with Crippen LogP contribution in [0.5, 0.6) is 11.5 Å². The Balaban J connectivity index is 1.55. The number of amides is 1. The van der Waals surface area contributed by atoms with Gasteiger partial charge in [-0.1, -0.05) is 6.07 Å². The van der Waals surface area contributed by atoms with Gasteiger partial charge in [0.2, 0.25) is 13.1 Å². The summed E-state index contributed by atoms with van der Waals surface area (Å²) in [6.07, 6.45) is -0.675. The van der Waals surface area contributed by atoms with E-state index in [4.69, 9.17) is 19.0 Å². The van der Waals surface area contributed by atoms with Gasteiger partial charge in [-0.2, -0.15) is 0 Å². The zero-order valence-corrected chi connectivity index (χ0v) is 13.2. The highest BCUT2D eigenvalue weighted by Gasteiger charge is 2.32. The topological polar surface area (TPSA) is 57.2 Å². The van der Waals surface area contributed by atoms with Gasteiger partial charge in [0.25, 0.3) is 5.91 Å². The van der Waals surface area contributed by atoms with Crippen LogP contribution in [0, 0.1) is 0 Å². The summed E-state index contributed by atoms with van der Waals surface area (Å²) in [6, 6.07) is 8.97. The molecule has 0 bridgehead atoms. The highest BCUT2D eigenvalue weighted by atomic mass is 32.1. The highest BCUT2D eigenvalue weighted by molar-refractivity contribution is 7.10. The molecule has 1 amide bonds. The van der Waals surface area contributed by atoms with Gasteiger partial charge in [0.1, 0.15) is 0 Å². The maximum Gasteiger partial charge on any atom is 0.277 e. The standard InChI is InChI=1S/C16H15NO5S/c1-10-8-17(22-16(21-10)14-3-2-6-23-14)15(18)11-4-5-12-13(7-11)20-9-19-12/h2-7,10,16H,8-9H2,1H3/t10-,16+/m1/s1. The van der Waals surface area contributed by atoms with Crippen LogP contribution in [0.4, 0.5) is 0 Å². The van der Waals surface area contributed by atoms with Crippen LogP contribution >= 0.6 is 11.3 Å². The van der Waals surface area contributed by atoms with Crippen LogP contribution in [0.25, 0.3) is 0 Å². The van der Waals surface area contributed by atoms with Crippen molar-refractivity contribution in [1.29, 1.82) is 0 Å². The summed E-state index contributed by atoms with van der Waals surface area (Å²) in [6.45, 7) is 2.47. The molecule has 1 aromatic heterocycles. The van der Waals surface area contributed by atoms with Crippen LogP contribution < -0.4 is 9.47 Å². The highest BCUT2D eigenvalue weighted by Crippen LogP contribution is 2.34. The predicted molar refractivity (Wildman–Crippen MR) is 82.3 cm³/mol. The molecule has 7 heteroatoms. The monoisotopic (exact) mass is 333 g/mol. The molecule has 2 atom stereocenters. The van der Waals surface area contributed by atoms with E-state index in [1.165, 1.54) is 16.4 Å². The number of hydroxylamine groups is 2. The molecule has 1 fully saturated rings. The van der Waals surface area contributed by atoms with Crippen LogP contribution in [-0.4, -0.2) is 30.4 Å². The van der Waals surface area contributed by atoms with E-state index in [-0.39, 0.29) is 18.8 Å². The molecule has 0 radical (unpaired) electrons. The van der Waals surface area contributed by atoms with Crippen LogP contribution in [0.3, 0.4) is 0 Å². The summed E-state index contributed by atoms with van der Waals surface area (Å²) in [4.78, 5) is 19.4. The number of hydrogen-bond acceptors (Lipinski definition) is 6. The van der Waals surface area contributed by atoms with Gasteiger partial charge in [0.05, 0.1) is 17.5 Å². The number of thiophene rings is 1. The number of rotatable bonds is 2. The SMILES string of the molecule is C[C@@H]1CN(C(=O)c2ccc3c(c2)OCO3)O[C@@H](c2cccs2)O1. The second-order valence-corrected chi connectivity index (χ2v) is 6.31. The first-order chi connectivity index (χ1) is 11.2. The molecule has 2 aromatic rings. The molecular formula is C16H15NO5S. The van der Waals surface area contributed by atoms with E-state index < -0.39 is 6.29 Å². The first-order valence-electron chi connectivity index (χ1n) is 7.28. The molecule has 0 aliphatic carbocycles. The lowest BCUT2D eigenvalue weighted by Gasteiger charge is -2.35. The molecule has 6 nitrogen and oxygen atoms in total. The van der Waals surface area contributed by atoms with E-state index in [2.05, 4.69) is 0 Å². The third-order valence-corrected chi connectivity index (χ3v) is 4.52. The molecule has 2 aliphatic heterocycles. The van der Waals surface area contributed by atoms with Gasteiger partial charge >= 0.3 is 0 Å². The van der Waals surface area contributed by atoms with E-state index in [1.54, 1.807) is 18.2 Å². The van der Waals surface area contributed by atoms with E-state index >= 15 is 0 Å². The third-order valence-electron chi connectivity index (χ3n) is 3.62. The van der Waals surface area contributed by atoms with Crippen molar-refractivity contribution in [1.82, 2.24) is 5.06 Å². The fourth-order valence-electron chi connectivity index (χ4n) is 2.52. The molecule has 3 heterocycles. The number of hydrogen-bond donors (Lipinski definition) is 0. The summed E-state index contributed by atoms with van der Waals surface area (Å²) in [5.74, 6) is 1.00. The molecule has 1 aromatic carbocycles. The fourth-order valence-corrected chi connectivity index (χ4v) is 3.20. The van der Waals surface area contributed by atoms with Gasteiger partial charge in [0, 0.05) is 5.56 Å². The number of ether oxygens (including phenoxy) is 3. The molecule has 0 unspecified atom stereocenters. The minimum absolute atomic E-state index is 0.117. The smallest absolute Gasteiger partial charge is 0.277 e. The second-order valence-electron chi connectivity index (χ2n) is 5.33. The maximum atomic E-state index is 12.7. The molecule has 120 valence electrons. The van der Waals surface area contributed by atoms with Crippen molar-refractivity contribution in [2.24, 2.45) is 0 Å². The van der Waals surface area contributed by atoms with Gasteiger partial charge < -0.3 is 14.2 Å². The van der Waals surface area contributed by atoms with Crippen LogP contribution in [0.2, 0.25) is 0 Å². The number of benzene rings is 1. The number of nitrogens with zero attached hydrogens (tertiary/aromatic N) is 1. The average Bonchev–Trinajstić information content (AvgIpc) is 3.24. The molecule has 4 rings (SSSR count). The Labute approximate surface area is 137 Å². The van der Waals surface area contributed by atoms with Gasteiger partial charge in [-0.3, -0.25) is 4.79 Å². The number of fused-ring (bicyclic) bond motifs is 1. The van der Waals surface area contributed by atoms with Crippen LogP contribution in [0.1, 0.15) is 28.4 Å². The lowest BCUT2D eigenvalue weighted by molar-refractivity contribution is -0.319. The summed E-state index contributed by atoms with van der Waals surface area (Å²) >= 11 is 1.53. The minimum Gasteiger partial charge on any atom is -0.454 e. The van der Waals surface area contributed by atoms with E-state index in [1.807, 2.05) is 24.4 Å². The first-order valence-corrected chi connectivity index (χ1v) is 8.16. The molecule has 1 saturated heterocycles. The maximum absolute atomic E-state index is 12.7. The van der Waals surface area contributed by atoms with Gasteiger partial charge in [-0.15, -0.1) is 11.3 Å². The van der Waals surface area contributed by atoms with Crippen molar-refractivity contribution in [3.05, 3.63) is 46.2 Å². The van der Waals surface area contributed by atoms with Crippen molar-refractivity contribution in [3.63, 3.8) is 0 Å². The molecular weight excluding hydrogens is 318 g/mol. The van der Waals surface area contributed by atoms with E-state index in [9.17, 15) is 4.79 Å². The van der Waals surface area contributed by atoms with Crippen LogP contribution in [-0.2, 0) is 9.57 Å². The Hall–Kier alpha value is -2.09. The Morgan fingerprint density at radius 3 is 2.96 bits per heavy atom. The van der Waals surface area contributed by atoms with Gasteiger partial charge in [0.15, 0.2) is 11.5 Å². The third kappa shape index (κ3) is 2.78. The van der Waals surface area contributed by atoms with Crippen molar-refractivity contribution in [2.45, 2.75) is 19.3 Å². The first kappa shape index (κ1) is 14.5. The van der Waals surface area contributed by atoms with Crippen molar-refractivity contribution < 1.29 is 23.8 Å². The summed E-state index contributed by atoms with van der Waals surface area (Å²) in [7, 11) is 0. The minimum atomic E-state index is -0.559. The Kier molecular flexibility index (Phi) is 3.68. The summed E-state index contributed by atoms with van der Waals surface area (Å²) < 4.78 is 16.4. The van der Waals surface area contributed by atoms with Crippen molar-refractivity contribution >= 4 is 17.2 Å². The van der Waals surface area contributed by atoms with Crippen molar-refractivity contribution in [3.8, 4) is 11.5 Å². The Morgan fingerprint density at radius 1 is 1.26 bits per heavy atom. The molecule has 2 aliphatic rings. The predicted octanol–water partition coefficient (Wildman–Crippen LogP) is 2.97. The normalized spacial score (nSPS) is 23.1. The quantitative estimate of drug-likeness (QED) is 0.846. The number of carbonyl (C=O) groups excluding carboxylic acids is 1. The lowest BCUT2D eigenvalue weighted by atomic mass is 10.2. The number of carbonyl (C=O) groups is 1. The van der Waals surface area contributed by atoms with Gasteiger partial charge in [-0.05, 0) is 36.6 Å². The Morgan fingerprint density at radius 2 is 2.13 bits per heavy atom. The lowest BCUT2D eigenvalue weighted by Crippen LogP contribution is -2.44. The zero-order chi connectivity index (χ0) is 15.8. The average molecular weight is 333 g/mol. The Bertz CT molecular complexity index is 717. The van der Waals surface area contributed by atoms with E-state index in [0.717, 1.165) is 4.88 Å². The molecule has 0 spiro atoms. The molecule has 0 saturated carbocycles. The molecule has 23 heavy (non-hydrogen) atoms.